The number of aliphatic hydroxyl groups is 1. The van der Waals surface area contributed by atoms with Crippen LogP contribution in [0.4, 0.5) is 5.82 Å². The summed E-state index contributed by atoms with van der Waals surface area (Å²) >= 11 is 0. The minimum Gasteiger partial charge on any atom is -0.395 e. The van der Waals surface area contributed by atoms with E-state index in [1.807, 2.05) is 32.3 Å². The first-order valence-electron chi connectivity index (χ1n) is 10.1. The number of aromatic nitrogens is 3. The molecule has 1 aromatic carbocycles. The monoisotopic (exact) mass is 393 g/mol. The standard InChI is InChI=1S/C22H27N5O2/c1-15-23-14-20(26(15)2)17-3-4-18-13-24-21(12-19(18)11-17)25-22(29)16-5-7-27(8-6-16)9-10-28/h3-4,11-14,16,28H,5-10H2,1-2H3,(H,24,25,29). The number of fused-ring (bicyclic) bond motifs is 1. The molecule has 0 aliphatic carbocycles. The highest BCUT2D eigenvalue weighted by atomic mass is 16.3. The lowest BCUT2D eigenvalue weighted by Gasteiger charge is -2.30. The Morgan fingerprint density at radius 1 is 1.17 bits per heavy atom. The molecule has 0 unspecified atom stereocenters. The molecule has 1 amide bonds. The van der Waals surface area contributed by atoms with Crippen molar-refractivity contribution in [2.45, 2.75) is 19.8 Å². The average Bonchev–Trinajstić information content (AvgIpc) is 3.07. The number of β-amino-alcohol motifs (C(OH)–C–C–N with tert-alkyl or cyclic N) is 1. The first kappa shape index (κ1) is 19.5. The molecule has 1 fully saturated rings. The third kappa shape index (κ3) is 4.16. The van der Waals surface area contributed by atoms with Crippen molar-refractivity contribution in [2.75, 3.05) is 31.6 Å². The molecule has 0 saturated carbocycles. The van der Waals surface area contributed by atoms with Gasteiger partial charge in [0.25, 0.3) is 0 Å². The molecular formula is C22H27N5O2. The number of pyridine rings is 1. The highest BCUT2D eigenvalue weighted by Crippen LogP contribution is 2.26. The van der Waals surface area contributed by atoms with E-state index in [0.29, 0.717) is 12.4 Å². The molecule has 0 bridgehead atoms. The van der Waals surface area contributed by atoms with Crippen LogP contribution in [0, 0.1) is 12.8 Å². The van der Waals surface area contributed by atoms with Crippen LogP contribution >= 0.6 is 0 Å². The lowest BCUT2D eigenvalue weighted by atomic mass is 9.96. The Balaban J connectivity index is 1.49. The van der Waals surface area contributed by atoms with Gasteiger partial charge in [-0.05, 0) is 50.4 Å². The maximum Gasteiger partial charge on any atom is 0.228 e. The van der Waals surface area contributed by atoms with Crippen molar-refractivity contribution in [1.82, 2.24) is 19.4 Å². The van der Waals surface area contributed by atoms with E-state index in [-0.39, 0.29) is 18.4 Å². The number of imidazole rings is 1. The number of benzene rings is 1. The molecule has 0 spiro atoms. The summed E-state index contributed by atoms with van der Waals surface area (Å²) in [5, 5.41) is 14.1. The van der Waals surface area contributed by atoms with Crippen LogP contribution in [-0.4, -0.2) is 56.7 Å². The van der Waals surface area contributed by atoms with Gasteiger partial charge in [-0.2, -0.15) is 0 Å². The number of anilines is 1. The largest absolute Gasteiger partial charge is 0.395 e. The number of likely N-dealkylation sites (tertiary alicyclic amines) is 1. The molecule has 3 aromatic rings. The van der Waals surface area contributed by atoms with Crippen molar-refractivity contribution in [3.8, 4) is 11.3 Å². The van der Waals surface area contributed by atoms with E-state index in [2.05, 4.69) is 36.9 Å². The number of piperidine rings is 1. The topological polar surface area (TPSA) is 83.3 Å². The van der Waals surface area contributed by atoms with E-state index >= 15 is 0 Å². The van der Waals surface area contributed by atoms with E-state index in [1.54, 1.807) is 6.20 Å². The molecule has 152 valence electrons. The Bertz CT molecular complexity index is 1020. The lowest BCUT2D eigenvalue weighted by molar-refractivity contribution is -0.121. The zero-order valence-electron chi connectivity index (χ0n) is 16.9. The number of aryl methyl sites for hydroxylation is 1. The van der Waals surface area contributed by atoms with Crippen molar-refractivity contribution < 1.29 is 9.90 Å². The van der Waals surface area contributed by atoms with Crippen LogP contribution in [0.25, 0.3) is 22.0 Å². The molecular weight excluding hydrogens is 366 g/mol. The minimum atomic E-state index is -0.00816. The summed E-state index contributed by atoms with van der Waals surface area (Å²) in [6.07, 6.45) is 5.30. The number of hydrogen-bond acceptors (Lipinski definition) is 5. The minimum absolute atomic E-state index is 0.00816. The van der Waals surface area contributed by atoms with Crippen LogP contribution < -0.4 is 5.32 Å². The number of rotatable bonds is 5. The Labute approximate surface area is 170 Å². The van der Waals surface area contributed by atoms with Crippen LogP contribution in [0.15, 0.2) is 36.7 Å². The zero-order chi connectivity index (χ0) is 20.4. The first-order chi connectivity index (χ1) is 14.0. The number of nitrogens with one attached hydrogen (secondary N) is 1. The molecule has 3 heterocycles. The second-order valence-corrected chi connectivity index (χ2v) is 7.71. The van der Waals surface area contributed by atoms with Crippen molar-refractivity contribution >= 4 is 22.5 Å². The fourth-order valence-electron chi connectivity index (χ4n) is 3.93. The SMILES string of the molecule is Cc1ncc(-c2ccc3cnc(NC(=O)C4CCN(CCO)CC4)cc3c2)n1C. The average molecular weight is 393 g/mol. The highest BCUT2D eigenvalue weighted by molar-refractivity contribution is 5.95. The fraction of sp³-hybridized carbons (Fsp3) is 0.409. The molecule has 4 rings (SSSR count). The van der Waals surface area contributed by atoms with E-state index < -0.39 is 0 Å². The second kappa shape index (κ2) is 8.31. The molecule has 7 nitrogen and oxygen atoms in total. The van der Waals surface area contributed by atoms with Gasteiger partial charge < -0.3 is 19.9 Å². The van der Waals surface area contributed by atoms with Gasteiger partial charge >= 0.3 is 0 Å². The van der Waals surface area contributed by atoms with Gasteiger partial charge in [-0.3, -0.25) is 4.79 Å². The molecule has 0 atom stereocenters. The van der Waals surface area contributed by atoms with E-state index in [1.165, 1.54) is 0 Å². The van der Waals surface area contributed by atoms with Gasteiger partial charge in [-0.25, -0.2) is 9.97 Å². The number of aliphatic hydroxyl groups excluding tert-OH is 1. The van der Waals surface area contributed by atoms with Gasteiger partial charge in [0.1, 0.15) is 11.6 Å². The van der Waals surface area contributed by atoms with Crippen molar-refractivity contribution in [1.29, 1.82) is 0 Å². The molecule has 1 aliphatic heterocycles. The van der Waals surface area contributed by atoms with Gasteiger partial charge in [-0.1, -0.05) is 12.1 Å². The quantitative estimate of drug-likeness (QED) is 0.696. The van der Waals surface area contributed by atoms with Crippen LogP contribution in [0.3, 0.4) is 0 Å². The summed E-state index contributed by atoms with van der Waals surface area (Å²) in [4.78, 5) is 23.7. The number of amides is 1. The number of nitrogens with zero attached hydrogens (tertiary/aromatic N) is 4. The summed E-state index contributed by atoms with van der Waals surface area (Å²) in [5.74, 6) is 1.57. The molecule has 1 aliphatic rings. The van der Waals surface area contributed by atoms with Crippen molar-refractivity contribution in [3.05, 3.63) is 42.5 Å². The maximum absolute atomic E-state index is 12.7. The Hall–Kier alpha value is -2.77. The Morgan fingerprint density at radius 2 is 1.97 bits per heavy atom. The third-order valence-corrected chi connectivity index (χ3v) is 5.86. The molecule has 2 aromatic heterocycles. The van der Waals surface area contributed by atoms with E-state index in [0.717, 1.165) is 53.8 Å². The number of carbonyl (C=O) groups excluding carboxylic acids is 1. The number of hydrogen-bond donors (Lipinski definition) is 2. The van der Waals surface area contributed by atoms with Gasteiger partial charge in [0, 0.05) is 36.7 Å². The Morgan fingerprint density at radius 3 is 2.66 bits per heavy atom. The van der Waals surface area contributed by atoms with Gasteiger partial charge in [-0.15, -0.1) is 0 Å². The van der Waals surface area contributed by atoms with Gasteiger partial charge in [0.2, 0.25) is 5.91 Å². The first-order valence-corrected chi connectivity index (χ1v) is 10.1. The van der Waals surface area contributed by atoms with Crippen molar-refractivity contribution in [2.24, 2.45) is 13.0 Å². The van der Waals surface area contributed by atoms with Gasteiger partial charge in [0.15, 0.2) is 0 Å². The Kier molecular flexibility index (Phi) is 5.60. The van der Waals surface area contributed by atoms with Crippen LogP contribution in [0.5, 0.6) is 0 Å². The second-order valence-electron chi connectivity index (χ2n) is 7.71. The normalized spacial score (nSPS) is 15.7. The van der Waals surface area contributed by atoms with Gasteiger partial charge in [0.05, 0.1) is 18.5 Å². The molecule has 7 heteroatoms. The fourth-order valence-corrected chi connectivity index (χ4v) is 3.93. The summed E-state index contributed by atoms with van der Waals surface area (Å²) in [5.41, 5.74) is 2.14. The predicted octanol–water partition coefficient (Wildman–Crippen LogP) is 2.59. The predicted molar refractivity (Wildman–Crippen MR) is 114 cm³/mol. The smallest absolute Gasteiger partial charge is 0.228 e. The maximum atomic E-state index is 12.7. The molecule has 1 saturated heterocycles. The third-order valence-electron chi connectivity index (χ3n) is 5.86. The zero-order valence-corrected chi connectivity index (χ0v) is 16.9. The van der Waals surface area contributed by atoms with E-state index in [9.17, 15) is 4.79 Å². The van der Waals surface area contributed by atoms with E-state index in [4.69, 9.17) is 5.11 Å². The molecule has 0 radical (unpaired) electrons. The number of carbonyl (C=O) groups is 1. The summed E-state index contributed by atoms with van der Waals surface area (Å²) < 4.78 is 2.06. The van der Waals surface area contributed by atoms with Crippen molar-refractivity contribution in [3.63, 3.8) is 0 Å². The summed E-state index contributed by atoms with van der Waals surface area (Å²) in [6, 6.07) is 8.15. The van der Waals surface area contributed by atoms with Crippen LogP contribution in [-0.2, 0) is 11.8 Å². The van der Waals surface area contributed by atoms with Crippen LogP contribution in [0.2, 0.25) is 0 Å². The summed E-state index contributed by atoms with van der Waals surface area (Å²) in [7, 11) is 2.01. The molecule has 2 N–H and O–H groups in total. The summed E-state index contributed by atoms with van der Waals surface area (Å²) in [6.45, 7) is 4.52. The highest BCUT2D eigenvalue weighted by Gasteiger charge is 2.25. The lowest BCUT2D eigenvalue weighted by Crippen LogP contribution is -2.39. The molecule has 29 heavy (non-hydrogen) atoms. The van der Waals surface area contributed by atoms with Crippen LogP contribution in [0.1, 0.15) is 18.7 Å².